The smallest absolute Gasteiger partial charge is 0.274 e. The highest BCUT2D eigenvalue weighted by Gasteiger charge is 2.31. The Balaban J connectivity index is 1.31. The van der Waals surface area contributed by atoms with E-state index in [0.717, 1.165) is 64.3 Å². The molecule has 3 aromatic rings. The minimum atomic E-state index is 0.0912. The van der Waals surface area contributed by atoms with E-state index in [-0.39, 0.29) is 5.91 Å². The third-order valence-electron chi connectivity index (χ3n) is 6.39. The second kappa shape index (κ2) is 8.85. The number of aryl methyl sites for hydroxylation is 1. The van der Waals surface area contributed by atoms with Crippen LogP contribution in [-0.4, -0.2) is 58.2 Å². The molecule has 0 radical (unpaired) electrons. The van der Waals surface area contributed by atoms with E-state index in [1.165, 1.54) is 16.9 Å². The molecule has 7 heteroatoms. The Labute approximate surface area is 187 Å². The molecular formula is C24H29N5OS. The van der Waals surface area contributed by atoms with E-state index in [2.05, 4.69) is 57.8 Å². The Hall–Kier alpha value is -2.64. The zero-order chi connectivity index (χ0) is 21.2. The van der Waals surface area contributed by atoms with Gasteiger partial charge < -0.3 is 9.80 Å². The summed E-state index contributed by atoms with van der Waals surface area (Å²) in [5.41, 5.74) is 5.63. The molecule has 0 bridgehead atoms. The van der Waals surface area contributed by atoms with Crippen LogP contribution < -0.4 is 4.90 Å². The first-order valence-corrected chi connectivity index (χ1v) is 12.1. The summed E-state index contributed by atoms with van der Waals surface area (Å²) >= 11 is 1.74. The van der Waals surface area contributed by atoms with E-state index < -0.39 is 0 Å². The minimum Gasteiger partial charge on any atom is -0.368 e. The fraction of sp³-hybridized carbons (Fsp3) is 0.417. The van der Waals surface area contributed by atoms with E-state index >= 15 is 0 Å². The van der Waals surface area contributed by atoms with E-state index in [4.69, 9.17) is 5.10 Å². The molecule has 2 aliphatic rings. The fourth-order valence-corrected chi connectivity index (χ4v) is 5.37. The van der Waals surface area contributed by atoms with Crippen molar-refractivity contribution in [3.63, 3.8) is 0 Å². The summed E-state index contributed by atoms with van der Waals surface area (Å²) in [4.78, 5) is 20.3. The van der Waals surface area contributed by atoms with Crippen LogP contribution in [0.1, 0.15) is 34.2 Å². The lowest BCUT2D eigenvalue weighted by Crippen LogP contribution is -2.49. The molecule has 31 heavy (non-hydrogen) atoms. The van der Waals surface area contributed by atoms with Crippen LogP contribution in [0.2, 0.25) is 0 Å². The molecule has 2 aliphatic heterocycles. The molecule has 4 heterocycles. The number of carbonyl (C=O) groups excluding carboxylic acids is 1. The van der Waals surface area contributed by atoms with E-state index in [1.807, 2.05) is 15.6 Å². The second-order valence-corrected chi connectivity index (χ2v) is 9.08. The summed E-state index contributed by atoms with van der Waals surface area (Å²) in [5.74, 6) is 0.0912. The Bertz CT molecular complexity index is 1020. The number of piperazine rings is 1. The van der Waals surface area contributed by atoms with Gasteiger partial charge in [-0.2, -0.15) is 16.4 Å². The number of carbonyl (C=O) groups is 1. The summed E-state index contributed by atoms with van der Waals surface area (Å²) in [6.07, 6.45) is 0.954. The van der Waals surface area contributed by atoms with Crippen molar-refractivity contribution in [2.75, 3.05) is 37.6 Å². The maximum atomic E-state index is 13.5. The number of aromatic nitrogens is 2. The predicted molar refractivity (Wildman–Crippen MR) is 125 cm³/mol. The maximum absolute atomic E-state index is 13.5. The molecule has 1 fully saturated rings. The van der Waals surface area contributed by atoms with Gasteiger partial charge in [0.2, 0.25) is 0 Å². The SMILES string of the molecule is CCn1nc(C(=O)N2CCN(c3ccccc3)CC2)c2c1CCN(Cc1ccsc1)C2. The summed E-state index contributed by atoms with van der Waals surface area (Å²) in [5, 5.41) is 9.12. The van der Waals surface area contributed by atoms with Crippen LogP contribution in [0.5, 0.6) is 0 Å². The molecule has 1 aromatic carbocycles. The highest BCUT2D eigenvalue weighted by Crippen LogP contribution is 2.26. The van der Waals surface area contributed by atoms with Crippen molar-refractivity contribution in [2.24, 2.45) is 0 Å². The largest absolute Gasteiger partial charge is 0.368 e. The summed E-state index contributed by atoms with van der Waals surface area (Å²) in [7, 11) is 0. The van der Waals surface area contributed by atoms with Gasteiger partial charge in [-0.15, -0.1) is 0 Å². The quantitative estimate of drug-likeness (QED) is 0.616. The molecular weight excluding hydrogens is 406 g/mol. The zero-order valence-electron chi connectivity index (χ0n) is 18.0. The van der Waals surface area contributed by atoms with Crippen molar-refractivity contribution < 1.29 is 4.79 Å². The highest BCUT2D eigenvalue weighted by molar-refractivity contribution is 7.07. The van der Waals surface area contributed by atoms with Crippen molar-refractivity contribution >= 4 is 22.9 Å². The van der Waals surface area contributed by atoms with Crippen LogP contribution in [0.15, 0.2) is 47.2 Å². The Morgan fingerprint density at radius 1 is 1.06 bits per heavy atom. The summed E-state index contributed by atoms with van der Waals surface area (Å²) in [6.45, 7) is 8.85. The predicted octanol–water partition coefficient (Wildman–Crippen LogP) is 3.49. The van der Waals surface area contributed by atoms with Gasteiger partial charge in [-0.1, -0.05) is 18.2 Å². The standard InChI is InChI=1S/C24H29N5OS/c1-2-29-22-8-10-26(16-19-9-15-31-18-19)17-21(22)23(25-29)24(30)28-13-11-27(12-14-28)20-6-4-3-5-7-20/h3-7,9,15,18H,2,8,10-14,16-17H2,1H3. The molecule has 162 valence electrons. The summed E-state index contributed by atoms with van der Waals surface area (Å²) in [6, 6.07) is 12.6. The van der Waals surface area contributed by atoms with Crippen LogP contribution in [0.4, 0.5) is 5.69 Å². The fourth-order valence-electron chi connectivity index (χ4n) is 4.71. The molecule has 1 amide bonds. The van der Waals surface area contributed by atoms with Crippen LogP contribution in [0, 0.1) is 0 Å². The highest BCUT2D eigenvalue weighted by atomic mass is 32.1. The average Bonchev–Trinajstić information content (AvgIpc) is 3.47. The Kier molecular flexibility index (Phi) is 5.78. The van der Waals surface area contributed by atoms with Gasteiger partial charge >= 0.3 is 0 Å². The molecule has 5 rings (SSSR count). The number of rotatable bonds is 5. The zero-order valence-corrected chi connectivity index (χ0v) is 18.9. The molecule has 2 aromatic heterocycles. The molecule has 0 aliphatic carbocycles. The van der Waals surface area contributed by atoms with Gasteiger partial charge in [-0.25, -0.2) is 0 Å². The van der Waals surface area contributed by atoms with Gasteiger partial charge in [0.15, 0.2) is 5.69 Å². The first-order valence-electron chi connectivity index (χ1n) is 11.1. The van der Waals surface area contributed by atoms with Crippen molar-refractivity contribution in [3.05, 3.63) is 69.7 Å². The molecule has 0 atom stereocenters. The van der Waals surface area contributed by atoms with Crippen LogP contribution in [-0.2, 0) is 26.1 Å². The van der Waals surface area contributed by atoms with Gasteiger partial charge in [-0.3, -0.25) is 14.4 Å². The van der Waals surface area contributed by atoms with Crippen molar-refractivity contribution in [2.45, 2.75) is 33.0 Å². The molecule has 1 saturated heterocycles. The lowest BCUT2D eigenvalue weighted by atomic mass is 10.0. The van der Waals surface area contributed by atoms with Gasteiger partial charge in [0.05, 0.1) is 0 Å². The topological polar surface area (TPSA) is 44.6 Å². The molecule has 0 spiro atoms. The van der Waals surface area contributed by atoms with Crippen molar-refractivity contribution in [3.8, 4) is 0 Å². The molecule has 0 N–H and O–H groups in total. The third-order valence-corrected chi connectivity index (χ3v) is 7.12. The maximum Gasteiger partial charge on any atom is 0.274 e. The second-order valence-electron chi connectivity index (χ2n) is 8.30. The monoisotopic (exact) mass is 435 g/mol. The lowest BCUT2D eigenvalue weighted by Gasteiger charge is -2.36. The van der Waals surface area contributed by atoms with Crippen LogP contribution in [0.3, 0.4) is 0 Å². The first kappa shape index (κ1) is 20.3. The number of fused-ring (bicyclic) bond motifs is 1. The number of hydrogen-bond donors (Lipinski definition) is 0. The van der Waals surface area contributed by atoms with Gasteiger partial charge in [-0.05, 0) is 41.4 Å². The van der Waals surface area contributed by atoms with Crippen molar-refractivity contribution in [1.82, 2.24) is 19.6 Å². The van der Waals surface area contributed by atoms with E-state index in [0.29, 0.717) is 5.69 Å². The third kappa shape index (κ3) is 4.12. The Morgan fingerprint density at radius 3 is 2.58 bits per heavy atom. The van der Waals surface area contributed by atoms with Gasteiger partial charge in [0, 0.05) is 75.7 Å². The summed E-state index contributed by atoms with van der Waals surface area (Å²) < 4.78 is 2.05. The average molecular weight is 436 g/mol. The van der Waals surface area contributed by atoms with E-state index in [9.17, 15) is 4.79 Å². The number of para-hydroxylation sites is 1. The number of benzene rings is 1. The number of hydrogen-bond acceptors (Lipinski definition) is 5. The van der Waals surface area contributed by atoms with Crippen molar-refractivity contribution in [1.29, 1.82) is 0 Å². The van der Waals surface area contributed by atoms with Crippen LogP contribution in [0.25, 0.3) is 0 Å². The Morgan fingerprint density at radius 2 is 1.87 bits per heavy atom. The number of thiophene rings is 1. The number of nitrogens with zero attached hydrogens (tertiary/aromatic N) is 5. The van der Waals surface area contributed by atoms with E-state index in [1.54, 1.807) is 11.3 Å². The van der Waals surface area contributed by atoms with Gasteiger partial charge in [0.1, 0.15) is 0 Å². The number of amides is 1. The molecule has 0 unspecified atom stereocenters. The van der Waals surface area contributed by atoms with Gasteiger partial charge in [0.25, 0.3) is 5.91 Å². The molecule has 6 nitrogen and oxygen atoms in total. The number of anilines is 1. The molecule has 0 saturated carbocycles. The first-order chi connectivity index (χ1) is 15.2. The minimum absolute atomic E-state index is 0.0912. The van der Waals surface area contributed by atoms with Crippen LogP contribution >= 0.6 is 11.3 Å². The normalized spacial score (nSPS) is 17.1. The lowest BCUT2D eigenvalue weighted by molar-refractivity contribution is 0.0737.